The van der Waals surface area contributed by atoms with Crippen LogP contribution in [0.25, 0.3) is 0 Å². The summed E-state index contributed by atoms with van der Waals surface area (Å²) < 4.78 is 0. The molecule has 0 aliphatic carbocycles. The molecule has 0 aliphatic heterocycles. The summed E-state index contributed by atoms with van der Waals surface area (Å²) in [5, 5.41) is 21.8. The van der Waals surface area contributed by atoms with E-state index in [9.17, 15) is 15.0 Å². The molecule has 4 nitrogen and oxygen atoms in total. The molecule has 0 saturated heterocycles. The number of benzene rings is 1. The van der Waals surface area contributed by atoms with Crippen molar-refractivity contribution in [3.05, 3.63) is 23.8 Å². The van der Waals surface area contributed by atoms with Gasteiger partial charge in [-0.1, -0.05) is 32.8 Å². The zero-order chi connectivity index (χ0) is 12.8. The summed E-state index contributed by atoms with van der Waals surface area (Å²) in [7, 11) is 0. The Morgan fingerprint density at radius 1 is 1.24 bits per heavy atom. The minimum Gasteiger partial charge on any atom is -0.507 e. The van der Waals surface area contributed by atoms with E-state index >= 15 is 0 Å². The topological polar surface area (TPSA) is 69.6 Å². The predicted octanol–water partition coefficient (Wildman–Crippen LogP) is 2.26. The summed E-state index contributed by atoms with van der Waals surface area (Å²) in [5.74, 6) is -0.418. The minimum absolute atomic E-state index is 0.0570. The summed E-state index contributed by atoms with van der Waals surface area (Å²) in [6.07, 6.45) is 1.98. The molecule has 4 heteroatoms. The lowest BCUT2D eigenvalue weighted by atomic mass is 10.0. The lowest BCUT2D eigenvalue weighted by Crippen LogP contribution is -2.29. The maximum absolute atomic E-state index is 11.8. The van der Waals surface area contributed by atoms with Gasteiger partial charge in [0, 0.05) is 6.54 Å². The van der Waals surface area contributed by atoms with E-state index in [2.05, 4.69) is 19.2 Å². The van der Waals surface area contributed by atoms with Crippen LogP contribution >= 0.6 is 0 Å². The number of aromatic hydroxyl groups is 2. The number of amides is 1. The quantitative estimate of drug-likeness (QED) is 0.735. The van der Waals surface area contributed by atoms with Crippen molar-refractivity contribution in [1.82, 2.24) is 5.32 Å². The molecule has 0 bridgehead atoms. The third-order valence-corrected chi connectivity index (χ3v) is 2.95. The highest BCUT2D eigenvalue weighted by Crippen LogP contribution is 2.25. The van der Waals surface area contributed by atoms with E-state index in [1.54, 1.807) is 0 Å². The van der Waals surface area contributed by atoms with Gasteiger partial charge in [-0.05, 0) is 18.1 Å². The molecule has 1 aromatic carbocycles. The molecule has 94 valence electrons. The van der Waals surface area contributed by atoms with Crippen LogP contribution in [0.2, 0.25) is 0 Å². The standard InChI is InChI=1S/C13H19NO3/c1-3-9(4-2)8-14-13(17)12-10(15)6-5-7-11(12)16/h5-7,9,15-16H,3-4,8H2,1-2H3,(H,14,17). The molecule has 1 rings (SSSR count). The summed E-state index contributed by atoms with van der Waals surface area (Å²) in [6, 6.07) is 4.25. The van der Waals surface area contributed by atoms with Crippen LogP contribution in [0.15, 0.2) is 18.2 Å². The molecule has 3 N–H and O–H groups in total. The molecule has 0 radical (unpaired) electrons. The van der Waals surface area contributed by atoms with Crippen LogP contribution in [0.1, 0.15) is 37.0 Å². The van der Waals surface area contributed by atoms with Crippen molar-refractivity contribution >= 4 is 5.91 Å². The van der Waals surface area contributed by atoms with Crippen molar-refractivity contribution in [3.63, 3.8) is 0 Å². The van der Waals surface area contributed by atoms with Gasteiger partial charge in [0.05, 0.1) is 0 Å². The van der Waals surface area contributed by atoms with Gasteiger partial charge in [0.2, 0.25) is 0 Å². The zero-order valence-electron chi connectivity index (χ0n) is 10.2. The number of hydrogen-bond acceptors (Lipinski definition) is 3. The molecule has 0 spiro atoms. The molecule has 1 amide bonds. The normalized spacial score (nSPS) is 10.5. The van der Waals surface area contributed by atoms with Crippen LogP contribution in [0.5, 0.6) is 11.5 Å². The molecule has 1 aromatic rings. The number of phenolic OH excluding ortho intramolecular Hbond substituents is 2. The predicted molar refractivity (Wildman–Crippen MR) is 66.2 cm³/mol. The van der Waals surface area contributed by atoms with Gasteiger partial charge in [-0.2, -0.15) is 0 Å². The molecular formula is C13H19NO3. The van der Waals surface area contributed by atoms with E-state index in [4.69, 9.17) is 0 Å². The lowest BCUT2D eigenvalue weighted by Gasteiger charge is -2.14. The fraction of sp³-hybridized carbons (Fsp3) is 0.462. The second kappa shape index (κ2) is 6.13. The van der Waals surface area contributed by atoms with Gasteiger partial charge in [-0.25, -0.2) is 0 Å². The summed E-state index contributed by atoms with van der Waals surface area (Å²) in [6.45, 7) is 4.69. The maximum Gasteiger partial charge on any atom is 0.258 e. The average molecular weight is 237 g/mol. The summed E-state index contributed by atoms with van der Waals surface area (Å²) >= 11 is 0. The fourth-order valence-corrected chi connectivity index (χ4v) is 1.66. The SMILES string of the molecule is CCC(CC)CNC(=O)c1c(O)cccc1O. The van der Waals surface area contributed by atoms with Crippen LogP contribution in [-0.4, -0.2) is 22.7 Å². The largest absolute Gasteiger partial charge is 0.507 e. The second-order valence-corrected chi connectivity index (χ2v) is 4.06. The van der Waals surface area contributed by atoms with E-state index in [1.165, 1.54) is 18.2 Å². The molecule has 0 aromatic heterocycles. The van der Waals surface area contributed by atoms with Crippen molar-refractivity contribution in [2.75, 3.05) is 6.54 Å². The van der Waals surface area contributed by atoms with Crippen LogP contribution in [-0.2, 0) is 0 Å². The van der Waals surface area contributed by atoms with Crippen molar-refractivity contribution in [2.45, 2.75) is 26.7 Å². The first-order valence-corrected chi connectivity index (χ1v) is 5.89. The Bertz CT molecular complexity index is 366. The first kappa shape index (κ1) is 13.4. The Morgan fingerprint density at radius 2 is 1.76 bits per heavy atom. The average Bonchev–Trinajstić information content (AvgIpc) is 2.30. The van der Waals surface area contributed by atoms with Crippen LogP contribution in [0.4, 0.5) is 0 Å². The highest BCUT2D eigenvalue weighted by Gasteiger charge is 2.16. The second-order valence-electron chi connectivity index (χ2n) is 4.06. The molecule has 0 atom stereocenters. The Hall–Kier alpha value is -1.71. The molecule has 0 heterocycles. The zero-order valence-corrected chi connectivity index (χ0v) is 10.2. The number of rotatable bonds is 5. The van der Waals surface area contributed by atoms with E-state index in [0.717, 1.165) is 12.8 Å². The van der Waals surface area contributed by atoms with Gasteiger partial charge in [-0.3, -0.25) is 4.79 Å². The van der Waals surface area contributed by atoms with E-state index in [1.807, 2.05) is 0 Å². The Labute approximate surface area is 101 Å². The van der Waals surface area contributed by atoms with Gasteiger partial charge in [0.15, 0.2) is 0 Å². The summed E-state index contributed by atoms with van der Waals surface area (Å²) in [4.78, 5) is 11.8. The van der Waals surface area contributed by atoms with Gasteiger partial charge in [0.25, 0.3) is 5.91 Å². The molecule has 0 aliphatic rings. The first-order valence-electron chi connectivity index (χ1n) is 5.89. The number of carbonyl (C=O) groups is 1. The van der Waals surface area contributed by atoms with Crippen molar-refractivity contribution in [3.8, 4) is 11.5 Å². The molecule has 0 unspecified atom stereocenters. The van der Waals surface area contributed by atoms with Crippen molar-refractivity contribution in [1.29, 1.82) is 0 Å². The van der Waals surface area contributed by atoms with E-state index in [-0.39, 0.29) is 17.1 Å². The van der Waals surface area contributed by atoms with Crippen LogP contribution < -0.4 is 5.32 Å². The monoisotopic (exact) mass is 237 g/mol. The van der Waals surface area contributed by atoms with Gasteiger partial charge >= 0.3 is 0 Å². The van der Waals surface area contributed by atoms with Gasteiger partial charge in [-0.15, -0.1) is 0 Å². The lowest BCUT2D eigenvalue weighted by molar-refractivity contribution is 0.0941. The van der Waals surface area contributed by atoms with Crippen molar-refractivity contribution < 1.29 is 15.0 Å². The third-order valence-electron chi connectivity index (χ3n) is 2.95. The first-order chi connectivity index (χ1) is 8.10. The van der Waals surface area contributed by atoms with Crippen LogP contribution in [0, 0.1) is 5.92 Å². The number of hydrogen-bond donors (Lipinski definition) is 3. The summed E-state index contributed by atoms with van der Waals surface area (Å²) in [5.41, 5.74) is -0.0570. The smallest absolute Gasteiger partial charge is 0.258 e. The minimum atomic E-state index is -0.437. The fourth-order valence-electron chi connectivity index (χ4n) is 1.66. The Morgan fingerprint density at radius 3 is 2.24 bits per heavy atom. The highest BCUT2D eigenvalue weighted by atomic mass is 16.3. The van der Waals surface area contributed by atoms with E-state index < -0.39 is 5.91 Å². The van der Waals surface area contributed by atoms with Crippen molar-refractivity contribution in [2.24, 2.45) is 5.92 Å². The number of phenols is 2. The Kier molecular flexibility index (Phi) is 4.82. The number of carbonyl (C=O) groups excluding carboxylic acids is 1. The van der Waals surface area contributed by atoms with E-state index in [0.29, 0.717) is 12.5 Å². The highest BCUT2D eigenvalue weighted by molar-refractivity contribution is 5.99. The van der Waals surface area contributed by atoms with Gasteiger partial charge in [0.1, 0.15) is 17.1 Å². The number of nitrogens with one attached hydrogen (secondary N) is 1. The molecule has 0 saturated carbocycles. The van der Waals surface area contributed by atoms with Gasteiger partial charge < -0.3 is 15.5 Å². The Balaban J connectivity index is 2.70. The molecule has 17 heavy (non-hydrogen) atoms. The molecule has 0 fully saturated rings. The van der Waals surface area contributed by atoms with Crippen LogP contribution in [0.3, 0.4) is 0 Å². The maximum atomic E-state index is 11.8. The molecular weight excluding hydrogens is 218 g/mol. The third kappa shape index (κ3) is 3.37.